The number of amides is 2. The molecule has 0 atom stereocenters. The fourth-order valence-electron chi connectivity index (χ4n) is 1.42. The van der Waals surface area contributed by atoms with Crippen LogP contribution in [0.4, 0.5) is 10.5 Å². The number of fused-ring (bicyclic) bond motifs is 1. The Hall–Kier alpha value is -2.24. The van der Waals surface area contributed by atoms with E-state index < -0.39 is 0 Å². The number of oxime groups is 1. The van der Waals surface area contributed by atoms with E-state index in [9.17, 15) is 4.79 Å². The van der Waals surface area contributed by atoms with Gasteiger partial charge in [0, 0.05) is 17.8 Å². The first kappa shape index (κ1) is 9.32. The zero-order chi connectivity index (χ0) is 10.8. The van der Waals surface area contributed by atoms with Crippen molar-refractivity contribution in [3.63, 3.8) is 0 Å². The smallest absolute Gasteiger partial charge is 0.319 e. The Morgan fingerprint density at radius 2 is 2.33 bits per heavy atom. The maximum absolute atomic E-state index is 11.0. The number of rotatable bonds is 1. The van der Waals surface area contributed by atoms with Gasteiger partial charge < -0.3 is 21.6 Å². The van der Waals surface area contributed by atoms with Gasteiger partial charge in [-0.1, -0.05) is 5.16 Å². The molecule has 0 aromatic heterocycles. The van der Waals surface area contributed by atoms with Gasteiger partial charge in [0.15, 0.2) is 5.84 Å². The number of amidine groups is 1. The second-order valence-electron chi connectivity index (χ2n) is 3.16. The fourth-order valence-corrected chi connectivity index (χ4v) is 1.42. The number of nitrogens with two attached hydrogens (primary N) is 1. The average molecular weight is 206 g/mol. The molecule has 5 N–H and O–H groups in total. The van der Waals surface area contributed by atoms with E-state index >= 15 is 0 Å². The Labute approximate surface area is 85.8 Å². The van der Waals surface area contributed by atoms with Crippen molar-refractivity contribution in [2.24, 2.45) is 10.9 Å². The standard InChI is InChI=1S/C9H10N4O2/c10-8(13-15)5-1-2-7-6(3-5)4-11-9(14)12-7/h1-3,15H,4H2,(H2,10,13)(H2,11,12,14). The van der Waals surface area contributed by atoms with Gasteiger partial charge in [-0.05, 0) is 23.8 Å². The topological polar surface area (TPSA) is 99.7 Å². The third-order valence-electron chi connectivity index (χ3n) is 2.20. The Morgan fingerprint density at radius 3 is 3.07 bits per heavy atom. The molecule has 15 heavy (non-hydrogen) atoms. The zero-order valence-corrected chi connectivity index (χ0v) is 7.82. The molecule has 1 heterocycles. The first-order valence-electron chi connectivity index (χ1n) is 4.36. The molecule has 6 nitrogen and oxygen atoms in total. The Bertz CT molecular complexity index is 442. The molecule has 1 aromatic rings. The van der Waals surface area contributed by atoms with Crippen molar-refractivity contribution < 1.29 is 10.0 Å². The second kappa shape index (κ2) is 3.49. The lowest BCUT2D eigenvalue weighted by atomic mass is 10.1. The van der Waals surface area contributed by atoms with Crippen LogP contribution in [0.15, 0.2) is 23.4 Å². The number of urea groups is 1. The van der Waals surface area contributed by atoms with Crippen molar-refractivity contribution in [2.75, 3.05) is 5.32 Å². The molecule has 1 aliphatic rings. The molecular weight excluding hydrogens is 196 g/mol. The summed E-state index contributed by atoms with van der Waals surface area (Å²) in [6.07, 6.45) is 0. The molecule has 2 amide bonds. The number of benzene rings is 1. The van der Waals surface area contributed by atoms with Crippen LogP contribution < -0.4 is 16.4 Å². The van der Waals surface area contributed by atoms with Gasteiger partial charge in [0.2, 0.25) is 0 Å². The van der Waals surface area contributed by atoms with Gasteiger partial charge in [-0.3, -0.25) is 0 Å². The van der Waals surface area contributed by atoms with E-state index in [2.05, 4.69) is 15.8 Å². The fraction of sp³-hybridized carbons (Fsp3) is 0.111. The number of nitrogens with zero attached hydrogens (tertiary/aromatic N) is 1. The van der Waals surface area contributed by atoms with E-state index in [-0.39, 0.29) is 11.9 Å². The zero-order valence-electron chi connectivity index (χ0n) is 7.82. The first-order chi connectivity index (χ1) is 7.20. The SMILES string of the molecule is NC(=NO)c1ccc2c(c1)CNC(=O)N2. The average Bonchev–Trinajstić information content (AvgIpc) is 2.27. The van der Waals surface area contributed by atoms with Crippen LogP contribution in [0.2, 0.25) is 0 Å². The van der Waals surface area contributed by atoms with Crippen molar-refractivity contribution in [2.45, 2.75) is 6.54 Å². The summed E-state index contributed by atoms with van der Waals surface area (Å²) >= 11 is 0. The number of carbonyl (C=O) groups excluding carboxylic acids is 1. The number of hydrogen-bond acceptors (Lipinski definition) is 3. The minimum Gasteiger partial charge on any atom is -0.409 e. The largest absolute Gasteiger partial charge is 0.409 e. The van der Waals surface area contributed by atoms with Crippen molar-refractivity contribution in [1.29, 1.82) is 0 Å². The molecule has 6 heteroatoms. The molecule has 1 aromatic carbocycles. The van der Waals surface area contributed by atoms with Crippen molar-refractivity contribution >= 4 is 17.6 Å². The number of nitrogens with one attached hydrogen (secondary N) is 2. The van der Waals surface area contributed by atoms with Gasteiger partial charge in [-0.25, -0.2) is 4.79 Å². The van der Waals surface area contributed by atoms with Gasteiger partial charge >= 0.3 is 6.03 Å². The highest BCUT2D eigenvalue weighted by atomic mass is 16.4. The minimum absolute atomic E-state index is 0.0506. The van der Waals surface area contributed by atoms with Crippen molar-refractivity contribution in [3.05, 3.63) is 29.3 Å². The van der Waals surface area contributed by atoms with Crippen LogP contribution in [-0.2, 0) is 6.54 Å². The maximum atomic E-state index is 11.0. The second-order valence-corrected chi connectivity index (χ2v) is 3.16. The number of anilines is 1. The highest BCUT2D eigenvalue weighted by molar-refractivity contribution is 5.99. The Kier molecular flexibility index (Phi) is 2.17. The van der Waals surface area contributed by atoms with Crippen LogP contribution in [0.25, 0.3) is 0 Å². The predicted octanol–water partition coefficient (Wildman–Crippen LogP) is 0.416. The summed E-state index contributed by atoms with van der Waals surface area (Å²) in [5.74, 6) is 0.0506. The van der Waals surface area contributed by atoms with E-state index in [0.717, 1.165) is 11.3 Å². The lowest BCUT2D eigenvalue weighted by Gasteiger charge is -2.18. The van der Waals surface area contributed by atoms with Crippen LogP contribution in [0.3, 0.4) is 0 Å². The van der Waals surface area contributed by atoms with E-state index in [1.54, 1.807) is 18.2 Å². The molecule has 2 rings (SSSR count). The third kappa shape index (κ3) is 1.69. The van der Waals surface area contributed by atoms with Crippen LogP contribution in [0.5, 0.6) is 0 Å². The normalized spacial score (nSPS) is 15.2. The molecule has 78 valence electrons. The van der Waals surface area contributed by atoms with E-state index in [0.29, 0.717) is 12.1 Å². The summed E-state index contributed by atoms with van der Waals surface area (Å²) in [7, 11) is 0. The van der Waals surface area contributed by atoms with E-state index in [4.69, 9.17) is 10.9 Å². The third-order valence-corrected chi connectivity index (χ3v) is 2.20. The highest BCUT2D eigenvalue weighted by Crippen LogP contribution is 2.20. The molecule has 0 unspecified atom stereocenters. The number of carbonyl (C=O) groups is 1. The van der Waals surface area contributed by atoms with Crippen molar-refractivity contribution in [1.82, 2.24) is 5.32 Å². The molecule has 0 bridgehead atoms. The van der Waals surface area contributed by atoms with Gasteiger partial charge in [0.25, 0.3) is 0 Å². The lowest BCUT2D eigenvalue weighted by Crippen LogP contribution is -2.33. The molecule has 0 radical (unpaired) electrons. The molecule has 0 fully saturated rings. The van der Waals surface area contributed by atoms with Crippen LogP contribution in [0.1, 0.15) is 11.1 Å². The molecule has 0 spiro atoms. The molecule has 0 saturated carbocycles. The molecule has 1 aliphatic heterocycles. The van der Waals surface area contributed by atoms with Crippen LogP contribution in [0, 0.1) is 0 Å². The highest BCUT2D eigenvalue weighted by Gasteiger charge is 2.14. The van der Waals surface area contributed by atoms with Gasteiger partial charge in [0.1, 0.15) is 0 Å². The number of hydrogen-bond donors (Lipinski definition) is 4. The van der Waals surface area contributed by atoms with Crippen LogP contribution >= 0.6 is 0 Å². The quantitative estimate of drug-likeness (QED) is 0.232. The maximum Gasteiger partial charge on any atom is 0.319 e. The van der Waals surface area contributed by atoms with Gasteiger partial charge in [0.05, 0.1) is 0 Å². The van der Waals surface area contributed by atoms with E-state index in [1.165, 1.54) is 0 Å². The molecule has 0 saturated heterocycles. The van der Waals surface area contributed by atoms with Gasteiger partial charge in [-0.2, -0.15) is 0 Å². The van der Waals surface area contributed by atoms with E-state index in [1.807, 2.05) is 0 Å². The predicted molar refractivity (Wildman–Crippen MR) is 54.8 cm³/mol. The summed E-state index contributed by atoms with van der Waals surface area (Å²) in [6.45, 7) is 0.438. The Balaban J connectivity index is 2.39. The summed E-state index contributed by atoms with van der Waals surface area (Å²) in [6, 6.07) is 4.94. The van der Waals surface area contributed by atoms with Crippen LogP contribution in [-0.4, -0.2) is 17.1 Å². The summed E-state index contributed by atoms with van der Waals surface area (Å²) in [5.41, 5.74) is 7.71. The molecular formula is C9H10N4O2. The van der Waals surface area contributed by atoms with Crippen molar-refractivity contribution in [3.8, 4) is 0 Å². The first-order valence-corrected chi connectivity index (χ1v) is 4.36. The summed E-state index contributed by atoms with van der Waals surface area (Å²) < 4.78 is 0. The monoisotopic (exact) mass is 206 g/mol. The molecule has 0 aliphatic carbocycles. The Morgan fingerprint density at radius 1 is 1.53 bits per heavy atom. The summed E-state index contributed by atoms with van der Waals surface area (Å²) in [5, 5.41) is 16.7. The summed E-state index contributed by atoms with van der Waals surface area (Å²) in [4.78, 5) is 11.0. The van der Waals surface area contributed by atoms with Gasteiger partial charge in [-0.15, -0.1) is 0 Å². The lowest BCUT2D eigenvalue weighted by molar-refractivity contribution is 0.251. The minimum atomic E-state index is -0.223.